The molecular formula is C22H23F2N5O2. The highest BCUT2D eigenvalue weighted by atomic mass is 19.3. The number of rotatable bonds is 8. The SMILES string of the molecule is CCN(C(=O)c1ccccc1-c1ncccn1)[C@@H](C)COc1ncc(C(C)(F)F)cn1. The second-order valence-electron chi connectivity index (χ2n) is 7.01. The third kappa shape index (κ3) is 5.36. The smallest absolute Gasteiger partial charge is 0.316 e. The first kappa shape index (κ1) is 22.2. The number of alkyl halides is 2. The van der Waals surface area contributed by atoms with Crippen LogP contribution in [0.4, 0.5) is 8.78 Å². The van der Waals surface area contributed by atoms with Crippen molar-refractivity contribution in [3.63, 3.8) is 0 Å². The summed E-state index contributed by atoms with van der Waals surface area (Å²) < 4.78 is 32.1. The zero-order valence-corrected chi connectivity index (χ0v) is 17.5. The lowest BCUT2D eigenvalue weighted by Gasteiger charge is -2.28. The average Bonchev–Trinajstić information content (AvgIpc) is 2.78. The zero-order valence-electron chi connectivity index (χ0n) is 17.5. The Hall–Kier alpha value is -3.49. The minimum absolute atomic E-state index is 0.0264. The van der Waals surface area contributed by atoms with Gasteiger partial charge < -0.3 is 9.64 Å². The van der Waals surface area contributed by atoms with Crippen LogP contribution in [0.15, 0.2) is 55.1 Å². The van der Waals surface area contributed by atoms with Crippen LogP contribution >= 0.6 is 0 Å². The van der Waals surface area contributed by atoms with Crippen molar-refractivity contribution in [1.82, 2.24) is 24.8 Å². The van der Waals surface area contributed by atoms with E-state index in [1.807, 2.05) is 19.9 Å². The molecule has 3 rings (SSSR count). The number of nitrogens with zero attached hydrogens (tertiary/aromatic N) is 5. The summed E-state index contributed by atoms with van der Waals surface area (Å²) in [5, 5.41) is 0. The standard InChI is InChI=1S/C22H23F2N5O2/c1-4-29(15(2)14-31-21-27-12-16(13-28-21)22(3,23)24)20(30)18-9-6-5-8-17(18)19-25-10-7-11-26-19/h5-13,15H,4,14H2,1-3H3/t15-/m0/s1. The molecule has 0 aliphatic heterocycles. The first-order valence-corrected chi connectivity index (χ1v) is 9.81. The van der Waals surface area contributed by atoms with Crippen molar-refractivity contribution < 1.29 is 18.3 Å². The van der Waals surface area contributed by atoms with Gasteiger partial charge in [0.25, 0.3) is 11.8 Å². The summed E-state index contributed by atoms with van der Waals surface area (Å²) in [4.78, 5) is 31.1. The van der Waals surface area contributed by atoms with E-state index in [4.69, 9.17) is 4.74 Å². The highest BCUT2D eigenvalue weighted by Gasteiger charge is 2.26. The third-order valence-electron chi connectivity index (χ3n) is 4.69. The van der Waals surface area contributed by atoms with Gasteiger partial charge in [-0.25, -0.2) is 28.7 Å². The summed E-state index contributed by atoms with van der Waals surface area (Å²) >= 11 is 0. The van der Waals surface area contributed by atoms with E-state index in [2.05, 4.69) is 19.9 Å². The Balaban J connectivity index is 1.73. The van der Waals surface area contributed by atoms with Crippen molar-refractivity contribution in [2.24, 2.45) is 0 Å². The summed E-state index contributed by atoms with van der Waals surface area (Å²) in [6.45, 7) is 5.01. The maximum absolute atomic E-state index is 13.3. The molecule has 0 N–H and O–H groups in total. The van der Waals surface area contributed by atoms with E-state index in [-0.39, 0.29) is 30.1 Å². The molecule has 0 fully saturated rings. The van der Waals surface area contributed by atoms with Crippen molar-refractivity contribution in [2.75, 3.05) is 13.2 Å². The van der Waals surface area contributed by atoms with Gasteiger partial charge in [0.1, 0.15) is 6.61 Å². The number of carbonyl (C=O) groups is 1. The molecule has 2 aromatic heterocycles. The largest absolute Gasteiger partial charge is 0.461 e. The summed E-state index contributed by atoms with van der Waals surface area (Å²) in [5.41, 5.74) is 0.824. The quantitative estimate of drug-likeness (QED) is 0.541. The van der Waals surface area contributed by atoms with Gasteiger partial charge >= 0.3 is 6.01 Å². The average molecular weight is 427 g/mol. The predicted molar refractivity (Wildman–Crippen MR) is 111 cm³/mol. The maximum atomic E-state index is 13.3. The molecule has 31 heavy (non-hydrogen) atoms. The number of aromatic nitrogens is 4. The van der Waals surface area contributed by atoms with Crippen molar-refractivity contribution in [2.45, 2.75) is 32.7 Å². The fourth-order valence-corrected chi connectivity index (χ4v) is 3.02. The van der Waals surface area contributed by atoms with Crippen LogP contribution in [0.2, 0.25) is 0 Å². The Morgan fingerprint density at radius 1 is 1.10 bits per heavy atom. The van der Waals surface area contributed by atoms with Gasteiger partial charge in [-0.05, 0) is 26.0 Å². The van der Waals surface area contributed by atoms with Crippen LogP contribution in [0.5, 0.6) is 6.01 Å². The zero-order chi connectivity index (χ0) is 22.4. The topological polar surface area (TPSA) is 81.1 Å². The number of carbonyl (C=O) groups excluding carboxylic acids is 1. The number of hydrogen-bond acceptors (Lipinski definition) is 6. The highest BCUT2D eigenvalue weighted by molar-refractivity contribution is 6.00. The van der Waals surface area contributed by atoms with E-state index in [1.165, 1.54) is 0 Å². The molecule has 162 valence electrons. The number of amides is 1. The fourth-order valence-electron chi connectivity index (χ4n) is 3.02. The van der Waals surface area contributed by atoms with Crippen LogP contribution in [0.1, 0.15) is 36.7 Å². The Kier molecular flexibility index (Phi) is 6.84. The summed E-state index contributed by atoms with van der Waals surface area (Å²) in [6, 6.07) is 8.51. The van der Waals surface area contributed by atoms with Gasteiger partial charge in [0, 0.05) is 43.8 Å². The van der Waals surface area contributed by atoms with Crippen LogP contribution in [0.25, 0.3) is 11.4 Å². The van der Waals surface area contributed by atoms with Gasteiger partial charge in [-0.1, -0.05) is 18.2 Å². The van der Waals surface area contributed by atoms with Crippen LogP contribution in [0.3, 0.4) is 0 Å². The number of benzene rings is 1. The first-order chi connectivity index (χ1) is 14.8. The molecule has 1 aromatic carbocycles. The van der Waals surface area contributed by atoms with E-state index >= 15 is 0 Å². The Morgan fingerprint density at radius 2 is 1.74 bits per heavy atom. The molecule has 0 radical (unpaired) electrons. The second kappa shape index (κ2) is 9.55. The predicted octanol–water partition coefficient (Wildman–Crippen LogP) is 3.97. The van der Waals surface area contributed by atoms with E-state index in [9.17, 15) is 13.6 Å². The maximum Gasteiger partial charge on any atom is 0.316 e. The fraction of sp³-hybridized carbons (Fsp3) is 0.318. The molecule has 0 spiro atoms. The summed E-state index contributed by atoms with van der Waals surface area (Å²) in [7, 11) is 0. The lowest BCUT2D eigenvalue weighted by atomic mass is 10.0. The molecule has 9 heteroatoms. The lowest BCUT2D eigenvalue weighted by Crippen LogP contribution is -2.42. The van der Waals surface area contributed by atoms with E-state index in [0.717, 1.165) is 19.3 Å². The molecule has 2 heterocycles. The van der Waals surface area contributed by atoms with Crippen molar-refractivity contribution in [3.8, 4) is 17.4 Å². The first-order valence-electron chi connectivity index (χ1n) is 9.81. The van der Waals surface area contributed by atoms with Crippen LogP contribution in [-0.2, 0) is 5.92 Å². The van der Waals surface area contributed by atoms with Gasteiger partial charge in [-0.2, -0.15) is 0 Å². The number of hydrogen-bond donors (Lipinski definition) is 0. The third-order valence-corrected chi connectivity index (χ3v) is 4.69. The molecule has 3 aromatic rings. The Morgan fingerprint density at radius 3 is 2.35 bits per heavy atom. The minimum atomic E-state index is -3.02. The van der Waals surface area contributed by atoms with Crippen LogP contribution in [0, 0.1) is 0 Å². The van der Waals surface area contributed by atoms with Gasteiger partial charge in [-0.15, -0.1) is 0 Å². The minimum Gasteiger partial charge on any atom is -0.461 e. The molecule has 7 nitrogen and oxygen atoms in total. The van der Waals surface area contributed by atoms with Crippen LogP contribution in [-0.4, -0.2) is 49.9 Å². The van der Waals surface area contributed by atoms with Crippen molar-refractivity contribution >= 4 is 5.91 Å². The molecule has 1 amide bonds. The molecule has 0 bridgehead atoms. The molecule has 0 unspecified atom stereocenters. The van der Waals surface area contributed by atoms with Gasteiger partial charge in [-0.3, -0.25) is 4.79 Å². The van der Waals surface area contributed by atoms with Crippen molar-refractivity contribution in [3.05, 3.63) is 66.2 Å². The van der Waals surface area contributed by atoms with Crippen molar-refractivity contribution in [1.29, 1.82) is 0 Å². The van der Waals surface area contributed by atoms with Gasteiger partial charge in [0.2, 0.25) is 0 Å². The number of ether oxygens (including phenoxy) is 1. The molecular weight excluding hydrogens is 404 g/mol. The summed E-state index contributed by atoms with van der Waals surface area (Å²) in [6.07, 6.45) is 5.31. The number of halogens is 2. The highest BCUT2D eigenvalue weighted by Crippen LogP contribution is 2.26. The second-order valence-corrected chi connectivity index (χ2v) is 7.01. The molecule has 0 saturated heterocycles. The monoisotopic (exact) mass is 427 g/mol. The van der Waals surface area contributed by atoms with E-state index in [1.54, 1.807) is 41.6 Å². The molecule has 1 atom stereocenters. The normalized spacial score (nSPS) is 12.3. The molecule has 0 aliphatic carbocycles. The Labute approximate surface area is 179 Å². The van der Waals surface area contributed by atoms with Gasteiger partial charge in [0.05, 0.1) is 17.2 Å². The van der Waals surface area contributed by atoms with Crippen LogP contribution < -0.4 is 4.74 Å². The summed E-state index contributed by atoms with van der Waals surface area (Å²) in [5.74, 6) is -2.75. The van der Waals surface area contributed by atoms with Gasteiger partial charge in [0.15, 0.2) is 5.82 Å². The molecule has 0 aliphatic rings. The lowest BCUT2D eigenvalue weighted by molar-refractivity contribution is 0.0165. The Bertz CT molecular complexity index is 1010. The number of likely N-dealkylation sites (N-methyl/N-ethyl adjacent to an activating group) is 1. The van der Waals surface area contributed by atoms with E-state index in [0.29, 0.717) is 23.5 Å². The van der Waals surface area contributed by atoms with E-state index < -0.39 is 5.92 Å². The molecule has 0 saturated carbocycles.